The van der Waals surface area contributed by atoms with E-state index in [2.05, 4.69) is 12.2 Å². The van der Waals surface area contributed by atoms with Crippen LogP contribution in [-0.2, 0) is 4.79 Å². The molecule has 0 aromatic rings. The summed E-state index contributed by atoms with van der Waals surface area (Å²) >= 11 is 5.18. The van der Waals surface area contributed by atoms with E-state index in [0.29, 0.717) is 11.4 Å². The van der Waals surface area contributed by atoms with E-state index >= 15 is 0 Å². The molecular weight excluding hydrogens is 256 g/mol. The van der Waals surface area contributed by atoms with Gasteiger partial charge in [0.05, 0.1) is 10.5 Å². The molecule has 0 aromatic heterocycles. The Bertz CT molecular complexity index is 299. The maximum absolute atomic E-state index is 12.0. The van der Waals surface area contributed by atoms with Crippen molar-refractivity contribution >= 4 is 23.1 Å². The number of carbonyl (C=O) groups is 1. The van der Waals surface area contributed by atoms with Crippen molar-refractivity contribution in [2.75, 3.05) is 0 Å². The molecule has 0 bridgehead atoms. The molecule has 0 unspecified atom stereocenters. The van der Waals surface area contributed by atoms with E-state index in [4.69, 9.17) is 18.0 Å². The lowest BCUT2D eigenvalue weighted by molar-refractivity contribution is -0.122. The second-order valence-corrected chi connectivity index (χ2v) is 6.16. The van der Waals surface area contributed by atoms with Crippen LogP contribution in [0.25, 0.3) is 0 Å². The van der Waals surface area contributed by atoms with Crippen LogP contribution in [0.5, 0.6) is 0 Å². The summed E-state index contributed by atoms with van der Waals surface area (Å²) in [6.07, 6.45) is 11.7. The van der Waals surface area contributed by atoms with Crippen molar-refractivity contribution in [2.45, 2.75) is 83.1 Å². The summed E-state index contributed by atoms with van der Waals surface area (Å²) in [4.78, 5) is 12.5. The summed E-state index contributed by atoms with van der Waals surface area (Å²) in [5, 5.41) is 3.12. The molecule has 1 saturated carbocycles. The molecule has 3 N–H and O–H groups in total. The summed E-state index contributed by atoms with van der Waals surface area (Å²) in [5.74, 6) is 0.117. The lowest BCUT2D eigenvalue weighted by atomic mass is 9.81. The minimum atomic E-state index is -0.395. The molecule has 0 radical (unpaired) electrons. The Morgan fingerprint density at radius 3 is 2.37 bits per heavy atom. The zero-order chi connectivity index (χ0) is 14.1. The number of rotatable bonds is 8. The first-order chi connectivity index (χ1) is 9.10. The Balaban J connectivity index is 2.33. The first-order valence-corrected chi connectivity index (χ1v) is 8.12. The Kier molecular flexibility index (Phi) is 7.36. The van der Waals surface area contributed by atoms with Gasteiger partial charge in [0.2, 0.25) is 5.91 Å². The molecule has 0 heterocycles. The molecule has 0 atom stereocenters. The zero-order valence-corrected chi connectivity index (χ0v) is 13.0. The highest BCUT2D eigenvalue weighted by molar-refractivity contribution is 7.80. The third-order valence-electron chi connectivity index (χ3n) is 4.06. The van der Waals surface area contributed by atoms with Crippen molar-refractivity contribution in [3.8, 4) is 0 Å². The number of nitrogens with one attached hydrogen (secondary N) is 1. The number of hydrogen-bond acceptors (Lipinski definition) is 2. The van der Waals surface area contributed by atoms with Gasteiger partial charge in [-0.2, -0.15) is 0 Å². The summed E-state index contributed by atoms with van der Waals surface area (Å²) in [5.41, 5.74) is 5.47. The molecule has 1 rings (SSSR count). The lowest BCUT2D eigenvalue weighted by Crippen LogP contribution is -2.57. The summed E-state index contributed by atoms with van der Waals surface area (Å²) in [6, 6.07) is 0. The van der Waals surface area contributed by atoms with Crippen molar-refractivity contribution in [3.63, 3.8) is 0 Å². The molecule has 0 aromatic carbocycles. The predicted octanol–water partition coefficient (Wildman–Crippen LogP) is 3.45. The van der Waals surface area contributed by atoms with Crippen molar-refractivity contribution in [2.24, 2.45) is 5.73 Å². The first kappa shape index (κ1) is 16.4. The van der Waals surface area contributed by atoms with Gasteiger partial charge in [-0.05, 0) is 19.3 Å². The quantitative estimate of drug-likeness (QED) is 0.530. The van der Waals surface area contributed by atoms with Crippen molar-refractivity contribution in [3.05, 3.63) is 0 Å². The zero-order valence-electron chi connectivity index (χ0n) is 12.2. The largest absolute Gasteiger partial charge is 0.391 e. The minimum absolute atomic E-state index is 0.117. The van der Waals surface area contributed by atoms with Crippen molar-refractivity contribution in [1.82, 2.24) is 5.32 Å². The molecule has 110 valence electrons. The van der Waals surface area contributed by atoms with Gasteiger partial charge in [0.15, 0.2) is 0 Å². The van der Waals surface area contributed by atoms with Gasteiger partial charge in [-0.3, -0.25) is 4.79 Å². The van der Waals surface area contributed by atoms with Crippen LogP contribution in [0.15, 0.2) is 0 Å². The Hall–Kier alpha value is -0.640. The third-order valence-corrected chi connectivity index (χ3v) is 4.46. The highest BCUT2D eigenvalue weighted by atomic mass is 32.1. The fraction of sp³-hybridized carbons (Fsp3) is 0.867. The maximum Gasteiger partial charge on any atom is 0.220 e. The third kappa shape index (κ3) is 5.47. The molecule has 1 aliphatic carbocycles. The Morgan fingerprint density at radius 2 is 1.79 bits per heavy atom. The summed E-state index contributed by atoms with van der Waals surface area (Å²) < 4.78 is 0. The van der Waals surface area contributed by atoms with Gasteiger partial charge in [-0.15, -0.1) is 0 Å². The normalized spacial score (nSPS) is 17.9. The van der Waals surface area contributed by atoms with E-state index in [1.165, 1.54) is 25.7 Å². The van der Waals surface area contributed by atoms with Gasteiger partial charge in [-0.25, -0.2) is 0 Å². The minimum Gasteiger partial charge on any atom is -0.391 e. The Morgan fingerprint density at radius 1 is 1.16 bits per heavy atom. The lowest BCUT2D eigenvalue weighted by Gasteiger charge is -2.37. The highest BCUT2D eigenvalue weighted by Gasteiger charge is 2.36. The van der Waals surface area contributed by atoms with Crippen molar-refractivity contribution in [1.29, 1.82) is 0 Å². The number of thiocarbonyl (C=S) groups is 1. The second kappa shape index (κ2) is 8.51. The molecule has 4 heteroatoms. The number of unbranched alkanes of at least 4 members (excludes halogenated alkanes) is 4. The van der Waals surface area contributed by atoms with E-state index in [1.807, 2.05) is 0 Å². The smallest absolute Gasteiger partial charge is 0.220 e. The topological polar surface area (TPSA) is 55.1 Å². The van der Waals surface area contributed by atoms with Gasteiger partial charge in [0, 0.05) is 6.42 Å². The molecule has 0 spiro atoms. The second-order valence-electron chi connectivity index (χ2n) is 5.72. The van der Waals surface area contributed by atoms with E-state index < -0.39 is 5.54 Å². The van der Waals surface area contributed by atoms with E-state index in [-0.39, 0.29) is 5.91 Å². The van der Waals surface area contributed by atoms with Gasteiger partial charge in [-0.1, -0.05) is 64.1 Å². The SMILES string of the molecule is CCCCCCCC(=O)NC1(C(N)=S)CCCCC1. The monoisotopic (exact) mass is 284 g/mol. The van der Waals surface area contributed by atoms with Gasteiger partial charge < -0.3 is 11.1 Å². The van der Waals surface area contributed by atoms with Gasteiger partial charge >= 0.3 is 0 Å². The van der Waals surface area contributed by atoms with Gasteiger partial charge in [0.1, 0.15) is 0 Å². The van der Waals surface area contributed by atoms with Crippen LogP contribution in [0.2, 0.25) is 0 Å². The molecule has 19 heavy (non-hydrogen) atoms. The average Bonchev–Trinajstić information content (AvgIpc) is 2.39. The maximum atomic E-state index is 12.0. The van der Waals surface area contributed by atoms with Gasteiger partial charge in [0.25, 0.3) is 0 Å². The Labute approximate surface area is 122 Å². The number of nitrogens with two attached hydrogens (primary N) is 1. The van der Waals surface area contributed by atoms with E-state index in [9.17, 15) is 4.79 Å². The molecular formula is C15H28N2OS. The van der Waals surface area contributed by atoms with Crippen LogP contribution in [0.4, 0.5) is 0 Å². The van der Waals surface area contributed by atoms with Crippen molar-refractivity contribution < 1.29 is 4.79 Å². The number of carbonyl (C=O) groups excluding carboxylic acids is 1. The summed E-state index contributed by atoms with van der Waals surface area (Å²) in [6.45, 7) is 2.20. The van der Waals surface area contributed by atoms with E-state index in [1.54, 1.807) is 0 Å². The first-order valence-electron chi connectivity index (χ1n) is 7.71. The van der Waals surface area contributed by atoms with Crippen LogP contribution < -0.4 is 11.1 Å². The van der Waals surface area contributed by atoms with Crippen LogP contribution in [0, 0.1) is 0 Å². The molecule has 0 aliphatic heterocycles. The van der Waals surface area contributed by atoms with E-state index in [0.717, 1.165) is 38.5 Å². The molecule has 1 aliphatic rings. The van der Waals surface area contributed by atoms with Crippen LogP contribution in [-0.4, -0.2) is 16.4 Å². The molecule has 3 nitrogen and oxygen atoms in total. The highest BCUT2D eigenvalue weighted by Crippen LogP contribution is 2.28. The standard InChI is InChI=1S/C15H28N2OS/c1-2-3-4-5-7-10-13(18)17-15(14(16)19)11-8-6-9-12-15/h2-12H2,1H3,(H2,16,19)(H,17,18). The number of amides is 1. The molecule has 1 fully saturated rings. The number of hydrogen-bond donors (Lipinski definition) is 2. The van der Waals surface area contributed by atoms with Crippen LogP contribution in [0.3, 0.4) is 0 Å². The fourth-order valence-electron chi connectivity index (χ4n) is 2.81. The fourth-order valence-corrected chi connectivity index (χ4v) is 3.06. The predicted molar refractivity (Wildman–Crippen MR) is 84.1 cm³/mol. The average molecular weight is 284 g/mol. The summed E-state index contributed by atoms with van der Waals surface area (Å²) in [7, 11) is 0. The van der Waals surface area contributed by atoms with Crippen LogP contribution in [0.1, 0.15) is 77.6 Å². The molecule has 1 amide bonds. The molecule has 0 saturated heterocycles. The van der Waals surface area contributed by atoms with Crippen LogP contribution >= 0.6 is 12.2 Å².